The van der Waals surface area contributed by atoms with Gasteiger partial charge in [0.15, 0.2) is 9.84 Å². The monoisotopic (exact) mass is 313 g/mol. The van der Waals surface area contributed by atoms with E-state index in [1.165, 1.54) is 12.1 Å². The molecular formula is C14H19NO5S. The van der Waals surface area contributed by atoms with Crippen LogP contribution < -0.4 is 5.32 Å². The van der Waals surface area contributed by atoms with Crippen LogP contribution >= 0.6 is 0 Å². The molecule has 2 N–H and O–H groups in total. The second-order valence-corrected chi connectivity index (χ2v) is 6.84. The Balaban J connectivity index is 2.99. The van der Waals surface area contributed by atoms with Gasteiger partial charge in [0.25, 0.3) is 0 Å². The third-order valence-electron chi connectivity index (χ3n) is 2.87. The number of hydrogen-bond acceptors (Lipinski definition) is 4. The molecule has 0 aliphatic rings. The number of carbonyl (C=O) groups is 2. The average Bonchev–Trinajstić information content (AvgIpc) is 2.37. The summed E-state index contributed by atoms with van der Waals surface area (Å²) in [4.78, 5) is 22.6. The van der Waals surface area contributed by atoms with Crippen LogP contribution in [0.5, 0.6) is 0 Å². The molecule has 0 saturated carbocycles. The van der Waals surface area contributed by atoms with Crippen LogP contribution in [0.3, 0.4) is 0 Å². The maximum absolute atomic E-state index is 11.7. The number of carboxylic acid groups (broad SMARTS) is 1. The number of rotatable bonds is 7. The van der Waals surface area contributed by atoms with Gasteiger partial charge in [-0.2, -0.15) is 0 Å². The van der Waals surface area contributed by atoms with Crippen LogP contribution in [0, 0.1) is 0 Å². The van der Waals surface area contributed by atoms with E-state index in [1.54, 1.807) is 0 Å². The second kappa shape index (κ2) is 7.21. The molecule has 21 heavy (non-hydrogen) atoms. The van der Waals surface area contributed by atoms with Crippen LogP contribution in [-0.4, -0.2) is 31.7 Å². The molecule has 0 radical (unpaired) electrons. The molecule has 1 aromatic carbocycles. The third-order valence-corrected chi connectivity index (χ3v) is 3.96. The van der Waals surface area contributed by atoms with E-state index in [0.29, 0.717) is 6.42 Å². The summed E-state index contributed by atoms with van der Waals surface area (Å²) >= 11 is 0. The molecule has 0 bridgehead atoms. The second-order valence-electron chi connectivity index (χ2n) is 4.83. The van der Waals surface area contributed by atoms with Crippen LogP contribution in [0.1, 0.15) is 43.0 Å². The van der Waals surface area contributed by atoms with Gasteiger partial charge in [-0.1, -0.05) is 19.8 Å². The number of carboxylic acids is 1. The molecule has 1 aromatic rings. The van der Waals surface area contributed by atoms with Gasteiger partial charge in [0.05, 0.1) is 10.5 Å². The number of anilines is 1. The Bertz CT molecular complexity index is 637. The summed E-state index contributed by atoms with van der Waals surface area (Å²) in [6.45, 7) is 2.02. The van der Waals surface area contributed by atoms with Gasteiger partial charge >= 0.3 is 5.97 Å². The van der Waals surface area contributed by atoms with E-state index < -0.39 is 15.8 Å². The van der Waals surface area contributed by atoms with Crippen LogP contribution in [-0.2, 0) is 14.6 Å². The first-order valence-electron chi connectivity index (χ1n) is 6.62. The fourth-order valence-corrected chi connectivity index (χ4v) is 2.45. The maximum atomic E-state index is 11.7. The van der Waals surface area contributed by atoms with Gasteiger partial charge in [0.2, 0.25) is 5.91 Å². The predicted molar refractivity (Wildman–Crippen MR) is 79.3 cm³/mol. The van der Waals surface area contributed by atoms with Crippen molar-refractivity contribution in [1.82, 2.24) is 0 Å². The van der Waals surface area contributed by atoms with E-state index >= 15 is 0 Å². The van der Waals surface area contributed by atoms with Gasteiger partial charge in [-0.3, -0.25) is 4.79 Å². The molecule has 0 aromatic heterocycles. The molecule has 1 rings (SSSR count). The first-order chi connectivity index (χ1) is 9.74. The van der Waals surface area contributed by atoms with E-state index in [2.05, 4.69) is 5.32 Å². The van der Waals surface area contributed by atoms with Crippen molar-refractivity contribution < 1.29 is 23.1 Å². The third kappa shape index (κ3) is 5.55. The summed E-state index contributed by atoms with van der Waals surface area (Å²) in [5, 5.41) is 11.5. The highest BCUT2D eigenvalue weighted by Gasteiger charge is 2.14. The Morgan fingerprint density at radius 2 is 1.86 bits per heavy atom. The Hall–Kier alpha value is -1.89. The predicted octanol–water partition coefficient (Wildman–Crippen LogP) is 2.31. The van der Waals surface area contributed by atoms with Crippen molar-refractivity contribution in [3.8, 4) is 0 Å². The Kier molecular flexibility index (Phi) is 5.90. The van der Waals surface area contributed by atoms with Gasteiger partial charge in [-0.05, 0) is 24.6 Å². The number of benzene rings is 1. The summed E-state index contributed by atoms with van der Waals surface area (Å²) in [5.41, 5.74) is -0.00129. The average molecular weight is 313 g/mol. The molecule has 1 amide bonds. The summed E-state index contributed by atoms with van der Waals surface area (Å²) in [5.74, 6) is -1.51. The van der Waals surface area contributed by atoms with E-state index in [-0.39, 0.29) is 22.1 Å². The van der Waals surface area contributed by atoms with Crippen LogP contribution in [0.4, 0.5) is 5.69 Å². The van der Waals surface area contributed by atoms with E-state index in [1.807, 2.05) is 6.92 Å². The van der Waals surface area contributed by atoms with Gasteiger partial charge < -0.3 is 10.4 Å². The summed E-state index contributed by atoms with van der Waals surface area (Å²) in [6, 6.07) is 3.58. The van der Waals surface area contributed by atoms with Crippen molar-refractivity contribution >= 4 is 27.4 Å². The molecule has 7 heteroatoms. The first-order valence-corrected chi connectivity index (χ1v) is 8.51. The van der Waals surface area contributed by atoms with Crippen molar-refractivity contribution in [3.63, 3.8) is 0 Å². The van der Waals surface area contributed by atoms with E-state index in [4.69, 9.17) is 5.11 Å². The van der Waals surface area contributed by atoms with E-state index in [9.17, 15) is 18.0 Å². The number of carbonyl (C=O) groups excluding carboxylic acids is 1. The topological polar surface area (TPSA) is 101 Å². The van der Waals surface area contributed by atoms with Crippen LogP contribution in [0.15, 0.2) is 23.1 Å². The summed E-state index contributed by atoms with van der Waals surface area (Å²) in [6.07, 6.45) is 3.96. The minimum atomic E-state index is -3.55. The Morgan fingerprint density at radius 3 is 2.38 bits per heavy atom. The highest BCUT2D eigenvalue weighted by molar-refractivity contribution is 7.90. The molecule has 6 nitrogen and oxygen atoms in total. The van der Waals surface area contributed by atoms with Crippen LogP contribution in [0.25, 0.3) is 0 Å². The quantitative estimate of drug-likeness (QED) is 0.752. The molecule has 0 unspecified atom stereocenters. The lowest BCUT2D eigenvalue weighted by Crippen LogP contribution is -2.13. The maximum Gasteiger partial charge on any atom is 0.335 e. The molecule has 0 spiro atoms. The highest BCUT2D eigenvalue weighted by atomic mass is 32.2. The first kappa shape index (κ1) is 17.2. The van der Waals surface area contributed by atoms with Crippen molar-refractivity contribution in [2.45, 2.75) is 37.5 Å². The Labute approximate surface area is 124 Å². The molecule has 116 valence electrons. The number of sulfone groups is 1. The molecule has 0 heterocycles. The lowest BCUT2D eigenvalue weighted by Gasteiger charge is -2.08. The summed E-state index contributed by atoms with van der Waals surface area (Å²) < 4.78 is 23.1. The Morgan fingerprint density at radius 1 is 1.19 bits per heavy atom. The minimum Gasteiger partial charge on any atom is -0.478 e. The lowest BCUT2D eigenvalue weighted by molar-refractivity contribution is -0.116. The SMILES string of the molecule is CCCCCC(=O)Nc1cc(C(=O)O)cc(S(C)(=O)=O)c1. The largest absolute Gasteiger partial charge is 0.478 e. The molecule has 0 atom stereocenters. The number of amides is 1. The number of nitrogens with one attached hydrogen (secondary N) is 1. The summed E-state index contributed by atoms with van der Waals surface area (Å²) in [7, 11) is -3.55. The van der Waals surface area contributed by atoms with Crippen molar-refractivity contribution in [2.75, 3.05) is 11.6 Å². The molecular weight excluding hydrogens is 294 g/mol. The standard InChI is InChI=1S/C14H19NO5S/c1-3-4-5-6-13(16)15-11-7-10(14(17)18)8-12(9-11)21(2,19)20/h7-9H,3-6H2,1-2H3,(H,15,16)(H,17,18). The molecule has 0 aliphatic heterocycles. The highest BCUT2D eigenvalue weighted by Crippen LogP contribution is 2.19. The number of unbranched alkanes of at least 4 members (excludes halogenated alkanes) is 2. The van der Waals surface area contributed by atoms with Crippen molar-refractivity contribution in [1.29, 1.82) is 0 Å². The smallest absolute Gasteiger partial charge is 0.335 e. The zero-order valence-corrected chi connectivity index (χ0v) is 12.9. The van der Waals surface area contributed by atoms with Crippen molar-refractivity contribution in [3.05, 3.63) is 23.8 Å². The zero-order chi connectivity index (χ0) is 16.0. The van der Waals surface area contributed by atoms with Gasteiger partial charge in [0, 0.05) is 18.4 Å². The van der Waals surface area contributed by atoms with Gasteiger partial charge in [-0.15, -0.1) is 0 Å². The van der Waals surface area contributed by atoms with E-state index in [0.717, 1.165) is 31.6 Å². The fourth-order valence-electron chi connectivity index (χ4n) is 1.77. The molecule has 0 aliphatic carbocycles. The molecule has 0 fully saturated rings. The van der Waals surface area contributed by atoms with Crippen molar-refractivity contribution in [2.24, 2.45) is 0 Å². The van der Waals surface area contributed by atoms with Crippen LogP contribution in [0.2, 0.25) is 0 Å². The fraction of sp³-hybridized carbons (Fsp3) is 0.429. The van der Waals surface area contributed by atoms with Gasteiger partial charge in [0.1, 0.15) is 0 Å². The molecule has 0 saturated heterocycles. The normalized spacial score (nSPS) is 11.1. The van der Waals surface area contributed by atoms with Gasteiger partial charge in [-0.25, -0.2) is 13.2 Å². The number of aromatic carboxylic acids is 1. The lowest BCUT2D eigenvalue weighted by atomic mass is 10.1. The zero-order valence-electron chi connectivity index (χ0n) is 12.0. The number of hydrogen-bond donors (Lipinski definition) is 2. The minimum absolute atomic E-state index is 0.133.